The van der Waals surface area contributed by atoms with Crippen LogP contribution in [0.3, 0.4) is 0 Å². The van der Waals surface area contributed by atoms with Gasteiger partial charge in [-0.1, -0.05) is 12.1 Å². The van der Waals surface area contributed by atoms with E-state index in [4.69, 9.17) is 10.5 Å². The number of rotatable bonds is 4. The molecule has 26 heavy (non-hydrogen) atoms. The summed E-state index contributed by atoms with van der Waals surface area (Å²) in [6, 6.07) is 8.09. The molecule has 1 aromatic heterocycles. The van der Waals surface area contributed by atoms with Gasteiger partial charge in [0.2, 0.25) is 11.9 Å². The van der Waals surface area contributed by atoms with Gasteiger partial charge >= 0.3 is 0 Å². The van der Waals surface area contributed by atoms with Crippen molar-refractivity contribution < 1.29 is 4.74 Å². The average Bonchev–Trinajstić information content (AvgIpc) is 3.02. The number of hydrogen-bond donors (Lipinski definition) is 2. The molecule has 2 aromatic rings. The molecule has 138 valence electrons. The summed E-state index contributed by atoms with van der Waals surface area (Å²) < 4.78 is 5.65. The van der Waals surface area contributed by atoms with Gasteiger partial charge < -0.3 is 15.8 Å². The topological polar surface area (TPSA) is 89.2 Å². The van der Waals surface area contributed by atoms with Crippen LogP contribution in [0.2, 0.25) is 0 Å². The summed E-state index contributed by atoms with van der Waals surface area (Å²) in [6.07, 6.45) is 3.60. The normalized spacial score (nSPS) is 23.4. The molecule has 0 saturated carbocycles. The first-order valence-corrected chi connectivity index (χ1v) is 9.25. The van der Waals surface area contributed by atoms with Crippen LogP contribution in [0.5, 0.6) is 0 Å². The van der Waals surface area contributed by atoms with Gasteiger partial charge in [0.15, 0.2) is 0 Å². The molecule has 2 aliphatic rings. The Balaban J connectivity index is 1.47. The molecule has 0 radical (unpaired) electrons. The molecule has 3 N–H and O–H groups in total. The van der Waals surface area contributed by atoms with E-state index in [1.54, 1.807) is 0 Å². The number of nitrogens with two attached hydrogens (primary N) is 1. The molecule has 0 bridgehead atoms. The second-order valence-electron chi connectivity index (χ2n) is 7.54. The maximum absolute atomic E-state index is 5.92. The van der Waals surface area contributed by atoms with Gasteiger partial charge in [-0.3, -0.25) is 4.90 Å². The van der Waals surface area contributed by atoms with Crippen LogP contribution in [-0.2, 0) is 11.3 Å². The number of likely N-dealkylation sites (tertiary alicyclic amines) is 1. The van der Waals surface area contributed by atoms with Gasteiger partial charge in [-0.15, -0.1) is 0 Å². The van der Waals surface area contributed by atoms with E-state index < -0.39 is 0 Å². The Morgan fingerprint density at radius 1 is 1.27 bits per heavy atom. The fourth-order valence-corrected chi connectivity index (χ4v) is 4.03. The summed E-state index contributed by atoms with van der Waals surface area (Å²) in [6.45, 7) is 6.61. The Kier molecular flexibility index (Phi) is 4.74. The monoisotopic (exact) mass is 354 g/mol. The lowest BCUT2D eigenvalue weighted by atomic mass is 9.79. The van der Waals surface area contributed by atoms with E-state index in [0.29, 0.717) is 23.7 Å². The minimum Gasteiger partial charge on any atom is -0.381 e. The van der Waals surface area contributed by atoms with E-state index >= 15 is 0 Å². The lowest BCUT2D eigenvalue weighted by Gasteiger charge is -2.39. The zero-order valence-electron chi connectivity index (χ0n) is 15.2. The number of benzene rings is 1. The van der Waals surface area contributed by atoms with Gasteiger partial charge in [-0.2, -0.15) is 15.0 Å². The van der Waals surface area contributed by atoms with Crippen LogP contribution in [0.25, 0.3) is 0 Å². The lowest BCUT2D eigenvalue weighted by molar-refractivity contribution is 0.0631. The van der Waals surface area contributed by atoms with Crippen molar-refractivity contribution in [3.05, 3.63) is 35.7 Å². The molecule has 4 rings (SSSR count). The molecule has 7 heteroatoms. The number of nitrogens with zero attached hydrogens (tertiary/aromatic N) is 4. The van der Waals surface area contributed by atoms with Crippen molar-refractivity contribution in [2.24, 2.45) is 5.41 Å². The molecular weight excluding hydrogens is 328 g/mol. The number of nitrogens with one attached hydrogen (secondary N) is 1. The summed E-state index contributed by atoms with van der Waals surface area (Å²) in [4.78, 5) is 15.6. The fourth-order valence-electron chi connectivity index (χ4n) is 4.03. The van der Waals surface area contributed by atoms with E-state index in [2.05, 4.69) is 38.2 Å². The Morgan fingerprint density at radius 3 is 3.00 bits per heavy atom. The zero-order chi connectivity index (χ0) is 18.0. The number of anilines is 3. The van der Waals surface area contributed by atoms with E-state index in [-0.39, 0.29) is 5.95 Å². The standard InChI is InChI=1S/C19H26N6O/c1-14-4-2-5-15(10-14)21-18-23-16(22-17(20)24-18)11-25-8-3-6-19(12-25)7-9-26-13-19/h2,4-5,10H,3,6-9,11-13H2,1H3,(H3,20,21,22,23,24). The second-order valence-corrected chi connectivity index (χ2v) is 7.54. The third-order valence-electron chi connectivity index (χ3n) is 5.26. The quantitative estimate of drug-likeness (QED) is 0.872. The van der Waals surface area contributed by atoms with Gasteiger partial charge in [0, 0.05) is 24.3 Å². The molecular formula is C19H26N6O. The highest BCUT2D eigenvalue weighted by Gasteiger charge is 2.38. The summed E-state index contributed by atoms with van der Waals surface area (Å²) in [5.74, 6) is 1.46. The molecule has 2 aliphatic heterocycles. The Labute approximate surface area is 154 Å². The summed E-state index contributed by atoms with van der Waals surface area (Å²) in [5.41, 5.74) is 8.36. The first kappa shape index (κ1) is 17.2. The highest BCUT2D eigenvalue weighted by atomic mass is 16.5. The van der Waals surface area contributed by atoms with E-state index in [9.17, 15) is 0 Å². The molecule has 7 nitrogen and oxygen atoms in total. The maximum atomic E-state index is 5.92. The highest BCUT2D eigenvalue weighted by molar-refractivity contribution is 5.54. The highest BCUT2D eigenvalue weighted by Crippen LogP contribution is 2.37. The van der Waals surface area contributed by atoms with Crippen LogP contribution in [0, 0.1) is 12.3 Å². The fraction of sp³-hybridized carbons (Fsp3) is 0.526. The molecule has 1 spiro atoms. The molecule has 2 fully saturated rings. The predicted octanol–water partition coefficient (Wildman–Crippen LogP) is 2.51. The first-order valence-electron chi connectivity index (χ1n) is 9.25. The Hall–Kier alpha value is -2.25. The third kappa shape index (κ3) is 3.94. The third-order valence-corrected chi connectivity index (χ3v) is 5.26. The van der Waals surface area contributed by atoms with Crippen molar-refractivity contribution in [3.63, 3.8) is 0 Å². The molecule has 1 aromatic carbocycles. The van der Waals surface area contributed by atoms with Crippen LogP contribution in [0.1, 0.15) is 30.7 Å². The van der Waals surface area contributed by atoms with Gasteiger partial charge in [0.25, 0.3) is 0 Å². The van der Waals surface area contributed by atoms with Crippen molar-refractivity contribution in [1.82, 2.24) is 19.9 Å². The maximum Gasteiger partial charge on any atom is 0.232 e. The molecule has 3 heterocycles. The van der Waals surface area contributed by atoms with Crippen molar-refractivity contribution in [1.29, 1.82) is 0 Å². The van der Waals surface area contributed by atoms with Crippen LogP contribution in [0.4, 0.5) is 17.6 Å². The minimum atomic E-state index is 0.251. The van der Waals surface area contributed by atoms with Gasteiger partial charge in [0.1, 0.15) is 5.82 Å². The van der Waals surface area contributed by atoms with E-state index in [0.717, 1.165) is 38.4 Å². The van der Waals surface area contributed by atoms with Crippen LogP contribution in [0.15, 0.2) is 24.3 Å². The van der Waals surface area contributed by atoms with Gasteiger partial charge in [-0.05, 0) is 50.4 Å². The van der Waals surface area contributed by atoms with E-state index in [1.807, 2.05) is 18.2 Å². The molecule has 0 amide bonds. The van der Waals surface area contributed by atoms with Gasteiger partial charge in [-0.25, -0.2) is 0 Å². The molecule has 2 saturated heterocycles. The average molecular weight is 354 g/mol. The minimum absolute atomic E-state index is 0.251. The zero-order valence-corrected chi connectivity index (χ0v) is 15.2. The number of ether oxygens (including phenoxy) is 1. The van der Waals surface area contributed by atoms with Gasteiger partial charge in [0.05, 0.1) is 13.2 Å². The number of hydrogen-bond acceptors (Lipinski definition) is 7. The largest absolute Gasteiger partial charge is 0.381 e. The Bertz CT molecular complexity index is 774. The van der Waals surface area contributed by atoms with Crippen molar-refractivity contribution in [2.75, 3.05) is 37.4 Å². The lowest BCUT2D eigenvalue weighted by Crippen LogP contribution is -2.43. The summed E-state index contributed by atoms with van der Waals surface area (Å²) in [7, 11) is 0. The van der Waals surface area contributed by atoms with Crippen LogP contribution in [-0.4, -0.2) is 46.2 Å². The number of aromatic nitrogens is 3. The summed E-state index contributed by atoms with van der Waals surface area (Å²) in [5, 5.41) is 3.23. The summed E-state index contributed by atoms with van der Waals surface area (Å²) >= 11 is 0. The van der Waals surface area contributed by atoms with Crippen molar-refractivity contribution in [3.8, 4) is 0 Å². The first-order chi connectivity index (χ1) is 12.6. The predicted molar refractivity (Wildman–Crippen MR) is 101 cm³/mol. The number of aryl methyl sites for hydroxylation is 1. The Morgan fingerprint density at radius 2 is 2.19 bits per heavy atom. The molecule has 0 aliphatic carbocycles. The van der Waals surface area contributed by atoms with Crippen molar-refractivity contribution in [2.45, 2.75) is 32.7 Å². The number of piperidine rings is 1. The molecule has 1 atom stereocenters. The number of nitrogen functional groups attached to an aromatic ring is 1. The van der Waals surface area contributed by atoms with Crippen LogP contribution < -0.4 is 11.1 Å². The van der Waals surface area contributed by atoms with E-state index in [1.165, 1.54) is 18.4 Å². The molecule has 1 unspecified atom stereocenters. The van der Waals surface area contributed by atoms with Crippen LogP contribution >= 0.6 is 0 Å². The smallest absolute Gasteiger partial charge is 0.232 e. The van der Waals surface area contributed by atoms with Crippen molar-refractivity contribution >= 4 is 17.6 Å². The second kappa shape index (κ2) is 7.17. The SMILES string of the molecule is Cc1cccc(Nc2nc(N)nc(CN3CCCC4(CCOC4)C3)n2)c1.